The van der Waals surface area contributed by atoms with Gasteiger partial charge in [0, 0.05) is 4.88 Å². The summed E-state index contributed by atoms with van der Waals surface area (Å²) in [5.41, 5.74) is 5.82. The third kappa shape index (κ3) is 1.64. The Bertz CT molecular complexity index is 695. The van der Waals surface area contributed by atoms with E-state index in [0.29, 0.717) is 0 Å². The number of hydrogen-bond donors (Lipinski definition) is 0. The molecule has 3 rings (SSSR count). The largest absolute Gasteiger partial charge is 0.184 e. The first-order chi connectivity index (χ1) is 8.70. The number of hydrogen-bond acceptors (Lipinski definition) is 3. The van der Waals surface area contributed by atoms with E-state index in [1.165, 1.54) is 21.6 Å². The summed E-state index contributed by atoms with van der Waals surface area (Å²) in [6.45, 7) is 7.15. The monoisotopic (exact) mass is 257 g/mol. The van der Waals surface area contributed by atoms with Crippen LogP contribution in [0.15, 0.2) is 23.6 Å². The predicted octanol–water partition coefficient (Wildman–Crippen LogP) is 3.80. The van der Waals surface area contributed by atoms with E-state index in [2.05, 4.69) is 54.5 Å². The average molecular weight is 257 g/mol. The second-order valence-corrected chi connectivity index (χ2v) is 5.36. The molecule has 2 aromatic heterocycles. The van der Waals surface area contributed by atoms with Gasteiger partial charge in [-0.1, -0.05) is 6.07 Å². The molecule has 0 amide bonds. The zero-order valence-corrected chi connectivity index (χ0v) is 11.6. The van der Waals surface area contributed by atoms with E-state index in [0.717, 1.165) is 17.6 Å². The molecule has 0 spiro atoms. The van der Waals surface area contributed by atoms with Crippen molar-refractivity contribution in [2.45, 2.75) is 27.3 Å². The summed E-state index contributed by atoms with van der Waals surface area (Å²) < 4.78 is 0. The second-order valence-electron chi connectivity index (χ2n) is 4.41. The Balaban J connectivity index is 2.31. The van der Waals surface area contributed by atoms with Crippen LogP contribution in [0.25, 0.3) is 21.5 Å². The van der Waals surface area contributed by atoms with Gasteiger partial charge >= 0.3 is 0 Å². The molecule has 18 heavy (non-hydrogen) atoms. The number of benzene rings is 1. The van der Waals surface area contributed by atoms with Gasteiger partial charge in [-0.15, -0.1) is 11.3 Å². The maximum atomic E-state index is 4.52. The topological polar surface area (TPSA) is 30.7 Å². The molecule has 0 aliphatic carbocycles. The van der Waals surface area contributed by atoms with Crippen LogP contribution in [0.2, 0.25) is 0 Å². The maximum Gasteiger partial charge on any atom is 0.116 e. The molecule has 0 aliphatic heterocycles. The number of nitrogens with zero attached hydrogens (tertiary/aromatic N) is 3. The molecule has 1 aromatic carbocycles. The van der Waals surface area contributed by atoms with Crippen molar-refractivity contribution in [3.05, 3.63) is 34.7 Å². The molecule has 0 saturated carbocycles. The third-order valence-electron chi connectivity index (χ3n) is 3.35. The van der Waals surface area contributed by atoms with E-state index in [9.17, 15) is 0 Å². The van der Waals surface area contributed by atoms with Gasteiger partial charge in [-0.25, -0.2) is 0 Å². The van der Waals surface area contributed by atoms with Crippen molar-refractivity contribution in [2.24, 2.45) is 0 Å². The zero-order chi connectivity index (χ0) is 12.7. The fourth-order valence-electron chi connectivity index (χ4n) is 2.18. The van der Waals surface area contributed by atoms with Crippen LogP contribution < -0.4 is 0 Å². The van der Waals surface area contributed by atoms with Crippen molar-refractivity contribution in [3.8, 4) is 10.4 Å². The molecule has 0 unspecified atom stereocenters. The number of aromatic nitrogens is 3. The lowest BCUT2D eigenvalue weighted by atomic mass is 10.0. The highest BCUT2D eigenvalue weighted by Crippen LogP contribution is 2.32. The Morgan fingerprint density at radius 2 is 2.06 bits per heavy atom. The quantitative estimate of drug-likeness (QED) is 0.699. The fraction of sp³-hybridized carbons (Fsp3) is 0.286. The van der Waals surface area contributed by atoms with E-state index in [-0.39, 0.29) is 0 Å². The normalized spacial score (nSPS) is 11.3. The van der Waals surface area contributed by atoms with E-state index in [4.69, 9.17) is 0 Å². The summed E-state index contributed by atoms with van der Waals surface area (Å²) in [4.78, 5) is 3.05. The van der Waals surface area contributed by atoms with Crippen LogP contribution >= 0.6 is 11.3 Å². The summed E-state index contributed by atoms with van der Waals surface area (Å²) in [7, 11) is 0. The molecule has 3 aromatic rings. The highest BCUT2D eigenvalue weighted by molar-refractivity contribution is 7.13. The Morgan fingerprint density at radius 3 is 2.72 bits per heavy atom. The van der Waals surface area contributed by atoms with E-state index < -0.39 is 0 Å². The molecule has 0 bridgehead atoms. The van der Waals surface area contributed by atoms with Crippen molar-refractivity contribution in [1.29, 1.82) is 0 Å². The van der Waals surface area contributed by atoms with Crippen molar-refractivity contribution in [2.75, 3.05) is 0 Å². The van der Waals surface area contributed by atoms with Gasteiger partial charge in [-0.05, 0) is 55.0 Å². The lowest BCUT2D eigenvalue weighted by Crippen LogP contribution is -1.97. The highest BCUT2D eigenvalue weighted by Gasteiger charge is 2.13. The summed E-state index contributed by atoms with van der Waals surface area (Å²) in [6.07, 6.45) is 0. The Hall–Kier alpha value is -1.68. The maximum absolute atomic E-state index is 4.52. The lowest BCUT2D eigenvalue weighted by Gasteiger charge is -2.06. The van der Waals surface area contributed by atoms with E-state index >= 15 is 0 Å². The lowest BCUT2D eigenvalue weighted by molar-refractivity contribution is 0.578. The molecule has 0 aliphatic rings. The standard InChI is InChI=1S/C14H15N3S/c1-4-17-15-12-8-11(13-6-5-7-18-13)9(2)10(3)14(12)16-17/h5-8H,4H2,1-3H3. The second kappa shape index (κ2) is 4.21. The summed E-state index contributed by atoms with van der Waals surface area (Å²) in [5.74, 6) is 0. The Morgan fingerprint density at radius 1 is 1.22 bits per heavy atom. The molecule has 0 atom stereocenters. The van der Waals surface area contributed by atoms with Gasteiger partial charge in [0.15, 0.2) is 0 Å². The predicted molar refractivity (Wildman–Crippen MR) is 76.0 cm³/mol. The van der Waals surface area contributed by atoms with Gasteiger partial charge in [0.2, 0.25) is 0 Å². The van der Waals surface area contributed by atoms with Gasteiger partial charge in [-0.3, -0.25) is 0 Å². The van der Waals surface area contributed by atoms with Crippen LogP contribution in [0.3, 0.4) is 0 Å². The minimum absolute atomic E-state index is 0.807. The molecule has 0 saturated heterocycles. The van der Waals surface area contributed by atoms with Crippen molar-refractivity contribution in [1.82, 2.24) is 15.0 Å². The smallest absolute Gasteiger partial charge is 0.116 e. The average Bonchev–Trinajstić information content (AvgIpc) is 3.02. The summed E-state index contributed by atoms with van der Waals surface area (Å²) >= 11 is 1.77. The summed E-state index contributed by atoms with van der Waals surface area (Å²) in [5, 5.41) is 11.1. The zero-order valence-electron chi connectivity index (χ0n) is 10.8. The van der Waals surface area contributed by atoms with Gasteiger partial charge in [0.1, 0.15) is 11.0 Å². The molecule has 2 heterocycles. The molecule has 4 heteroatoms. The molecule has 0 N–H and O–H groups in total. The van der Waals surface area contributed by atoms with Crippen LogP contribution in [0.4, 0.5) is 0 Å². The van der Waals surface area contributed by atoms with Crippen molar-refractivity contribution >= 4 is 22.4 Å². The number of aryl methyl sites for hydroxylation is 2. The van der Waals surface area contributed by atoms with Gasteiger partial charge in [0.25, 0.3) is 0 Å². The number of rotatable bonds is 2. The number of fused-ring (bicyclic) bond motifs is 1. The molecule has 0 fully saturated rings. The highest BCUT2D eigenvalue weighted by atomic mass is 32.1. The van der Waals surface area contributed by atoms with Crippen molar-refractivity contribution < 1.29 is 0 Å². The molecule has 3 nitrogen and oxygen atoms in total. The molecule has 92 valence electrons. The first-order valence-electron chi connectivity index (χ1n) is 6.09. The third-order valence-corrected chi connectivity index (χ3v) is 4.26. The van der Waals surface area contributed by atoms with Crippen LogP contribution in [0, 0.1) is 13.8 Å². The van der Waals surface area contributed by atoms with Gasteiger partial charge < -0.3 is 0 Å². The van der Waals surface area contributed by atoms with Crippen LogP contribution in [-0.2, 0) is 6.54 Å². The van der Waals surface area contributed by atoms with Crippen molar-refractivity contribution in [3.63, 3.8) is 0 Å². The van der Waals surface area contributed by atoms with Gasteiger partial charge in [0.05, 0.1) is 6.54 Å². The Labute approximate surface area is 110 Å². The van der Waals surface area contributed by atoms with Crippen LogP contribution in [-0.4, -0.2) is 15.0 Å². The first-order valence-corrected chi connectivity index (χ1v) is 6.97. The molecular formula is C14H15N3S. The van der Waals surface area contributed by atoms with E-state index in [1.54, 1.807) is 16.1 Å². The van der Waals surface area contributed by atoms with Crippen LogP contribution in [0.5, 0.6) is 0 Å². The van der Waals surface area contributed by atoms with Gasteiger partial charge in [-0.2, -0.15) is 15.0 Å². The minimum Gasteiger partial charge on any atom is -0.184 e. The SMILES string of the molecule is CCn1nc2cc(-c3cccs3)c(C)c(C)c2n1. The molecular weight excluding hydrogens is 242 g/mol. The summed E-state index contributed by atoms with van der Waals surface area (Å²) in [6, 6.07) is 6.40. The van der Waals surface area contributed by atoms with Crippen LogP contribution in [0.1, 0.15) is 18.1 Å². The number of thiophene rings is 1. The Kier molecular flexibility index (Phi) is 2.67. The van der Waals surface area contributed by atoms with E-state index in [1.807, 2.05) is 0 Å². The molecule has 0 radical (unpaired) electrons. The fourth-order valence-corrected chi connectivity index (χ4v) is 2.98. The minimum atomic E-state index is 0.807. The first kappa shape index (κ1) is 11.4.